The van der Waals surface area contributed by atoms with E-state index in [1.54, 1.807) is 0 Å². The number of imidazole rings is 1. The van der Waals surface area contributed by atoms with Crippen LogP contribution in [-0.4, -0.2) is 9.55 Å². The van der Waals surface area contributed by atoms with Gasteiger partial charge in [0.1, 0.15) is 17.0 Å². The summed E-state index contributed by atoms with van der Waals surface area (Å²) in [6.07, 6.45) is 0. The third kappa shape index (κ3) is 5.29. The van der Waals surface area contributed by atoms with E-state index in [-0.39, 0.29) is 17.3 Å². The molecule has 2 aromatic heterocycles. The van der Waals surface area contributed by atoms with Gasteiger partial charge in [-0.3, -0.25) is 4.57 Å². The van der Waals surface area contributed by atoms with Gasteiger partial charge >= 0.3 is 0 Å². The number of benzene rings is 5. The molecule has 0 aliphatic heterocycles. The molecule has 7 rings (SSSR count). The fraction of sp³-hybridized carbons (Fsp3) is 0.340. The molecule has 0 radical (unpaired) electrons. The van der Waals surface area contributed by atoms with E-state index in [9.17, 15) is 0 Å². The number of furan rings is 1. The van der Waals surface area contributed by atoms with Gasteiger partial charge in [0.05, 0.1) is 22.3 Å². The summed E-state index contributed by atoms with van der Waals surface area (Å²) < 4.78 is 9.00. The Kier molecular flexibility index (Phi) is 8.75. The minimum Gasteiger partial charge on any atom is -0.455 e. The van der Waals surface area contributed by atoms with Gasteiger partial charge in [-0.2, -0.15) is 0 Å². The topological polar surface area (TPSA) is 31.0 Å². The average molecular weight is 661 g/mol. The minimum absolute atomic E-state index is 0.121. The SMILES string of the molecule is CC(C)c1cc(-c2ccc(C(C(C)C)(C(C)C)C(C)C)cc2)cc(C(C)C)c1-n1c(-c2cccc3c2oc2ccccc23)nc2ccccc21. The van der Waals surface area contributed by atoms with Crippen LogP contribution in [0.5, 0.6) is 0 Å². The Morgan fingerprint density at radius 1 is 0.580 bits per heavy atom. The van der Waals surface area contributed by atoms with E-state index < -0.39 is 0 Å². The first-order valence-corrected chi connectivity index (χ1v) is 18.6. The van der Waals surface area contributed by atoms with Crippen LogP contribution in [0.2, 0.25) is 0 Å². The van der Waals surface area contributed by atoms with Gasteiger partial charge in [-0.05, 0) is 93.8 Å². The van der Waals surface area contributed by atoms with Crippen LogP contribution in [0.25, 0.3) is 61.2 Å². The first kappa shape index (κ1) is 33.8. The molecular weight excluding hydrogens is 609 g/mol. The van der Waals surface area contributed by atoms with E-state index in [1.165, 1.54) is 33.5 Å². The molecule has 3 nitrogen and oxygen atoms in total. The Morgan fingerprint density at radius 3 is 1.78 bits per heavy atom. The van der Waals surface area contributed by atoms with Gasteiger partial charge in [0.25, 0.3) is 0 Å². The zero-order chi connectivity index (χ0) is 35.5. The highest BCUT2D eigenvalue weighted by atomic mass is 16.3. The average Bonchev–Trinajstić information content (AvgIpc) is 3.66. The monoisotopic (exact) mass is 660 g/mol. The van der Waals surface area contributed by atoms with Crippen molar-refractivity contribution in [2.75, 3.05) is 0 Å². The van der Waals surface area contributed by atoms with Crippen LogP contribution in [0.4, 0.5) is 0 Å². The van der Waals surface area contributed by atoms with Crippen molar-refractivity contribution in [2.45, 2.75) is 86.5 Å². The molecular formula is C47H52N2O. The normalized spacial score (nSPS) is 12.7. The van der Waals surface area contributed by atoms with E-state index in [0.717, 1.165) is 44.4 Å². The van der Waals surface area contributed by atoms with E-state index in [1.807, 2.05) is 6.07 Å². The molecule has 0 fully saturated rings. The predicted molar refractivity (Wildman–Crippen MR) is 214 cm³/mol. The number of fused-ring (bicyclic) bond motifs is 4. The number of hydrogen-bond acceptors (Lipinski definition) is 2. The fourth-order valence-electron chi connectivity index (χ4n) is 9.29. The zero-order valence-corrected chi connectivity index (χ0v) is 31.5. The maximum Gasteiger partial charge on any atom is 0.149 e. The third-order valence-electron chi connectivity index (χ3n) is 11.4. The molecule has 0 unspecified atom stereocenters. The quantitative estimate of drug-likeness (QED) is 0.154. The van der Waals surface area contributed by atoms with Crippen LogP contribution in [0.3, 0.4) is 0 Å². The molecule has 5 aromatic carbocycles. The van der Waals surface area contributed by atoms with Crippen LogP contribution in [0.15, 0.2) is 108 Å². The Hall–Kier alpha value is -4.63. The Labute approximate surface area is 298 Å². The summed E-state index contributed by atoms with van der Waals surface area (Å²) in [4.78, 5) is 5.34. The Bertz CT molecular complexity index is 2260. The molecule has 0 bridgehead atoms. The molecule has 0 saturated carbocycles. The van der Waals surface area contributed by atoms with Crippen molar-refractivity contribution < 1.29 is 4.42 Å². The van der Waals surface area contributed by atoms with Crippen molar-refractivity contribution in [3.63, 3.8) is 0 Å². The molecule has 7 aromatic rings. The van der Waals surface area contributed by atoms with Crippen molar-refractivity contribution in [2.24, 2.45) is 17.8 Å². The Morgan fingerprint density at radius 2 is 1.16 bits per heavy atom. The summed E-state index contributed by atoms with van der Waals surface area (Å²) in [7, 11) is 0. The number of aromatic nitrogens is 2. The van der Waals surface area contributed by atoms with E-state index in [4.69, 9.17) is 9.40 Å². The molecule has 0 aliphatic rings. The molecule has 256 valence electrons. The summed E-state index contributed by atoms with van der Waals surface area (Å²) in [6, 6.07) is 37.7. The highest BCUT2D eigenvalue weighted by Gasteiger charge is 2.41. The molecule has 50 heavy (non-hydrogen) atoms. The second-order valence-corrected chi connectivity index (χ2v) is 15.8. The van der Waals surface area contributed by atoms with Crippen molar-refractivity contribution in [3.8, 4) is 28.2 Å². The maximum absolute atomic E-state index is 6.58. The maximum atomic E-state index is 6.58. The predicted octanol–water partition coefficient (Wildman–Crippen LogP) is 13.7. The summed E-state index contributed by atoms with van der Waals surface area (Å²) in [5.74, 6) is 3.09. The summed E-state index contributed by atoms with van der Waals surface area (Å²) in [5, 5.41) is 2.24. The number of hydrogen-bond donors (Lipinski definition) is 0. The third-order valence-corrected chi connectivity index (χ3v) is 11.4. The van der Waals surface area contributed by atoms with Gasteiger partial charge in [-0.25, -0.2) is 4.98 Å². The molecule has 3 heteroatoms. The zero-order valence-electron chi connectivity index (χ0n) is 31.5. The van der Waals surface area contributed by atoms with Crippen LogP contribution >= 0.6 is 0 Å². The van der Waals surface area contributed by atoms with Crippen molar-refractivity contribution in [1.29, 1.82) is 0 Å². The second-order valence-electron chi connectivity index (χ2n) is 15.8. The molecule has 0 amide bonds. The van der Waals surface area contributed by atoms with Crippen molar-refractivity contribution >= 4 is 33.0 Å². The van der Waals surface area contributed by atoms with Gasteiger partial charge in [0.2, 0.25) is 0 Å². The lowest BCUT2D eigenvalue weighted by Crippen LogP contribution is -2.42. The fourth-order valence-corrected chi connectivity index (χ4v) is 9.29. The largest absolute Gasteiger partial charge is 0.455 e. The lowest BCUT2D eigenvalue weighted by Gasteiger charge is -2.46. The highest BCUT2D eigenvalue weighted by molar-refractivity contribution is 6.09. The number of rotatable bonds is 9. The molecule has 0 saturated heterocycles. The van der Waals surface area contributed by atoms with Crippen LogP contribution in [0, 0.1) is 17.8 Å². The van der Waals surface area contributed by atoms with E-state index in [0.29, 0.717) is 17.8 Å². The van der Waals surface area contributed by atoms with E-state index in [2.05, 4.69) is 171 Å². The van der Waals surface area contributed by atoms with Gasteiger partial charge in [0.15, 0.2) is 0 Å². The minimum atomic E-state index is 0.121. The number of para-hydroxylation sites is 4. The van der Waals surface area contributed by atoms with Gasteiger partial charge in [0, 0.05) is 16.2 Å². The van der Waals surface area contributed by atoms with E-state index >= 15 is 0 Å². The van der Waals surface area contributed by atoms with Gasteiger partial charge in [-0.1, -0.05) is 136 Å². The Balaban J connectivity index is 1.47. The summed E-state index contributed by atoms with van der Waals surface area (Å²) in [5.41, 5.74) is 12.8. The smallest absolute Gasteiger partial charge is 0.149 e. The lowest BCUT2D eigenvalue weighted by molar-refractivity contribution is 0.148. The lowest BCUT2D eigenvalue weighted by atomic mass is 9.58. The molecule has 0 spiro atoms. The second kappa shape index (κ2) is 12.9. The molecule has 0 atom stereocenters. The molecule has 0 aliphatic carbocycles. The van der Waals surface area contributed by atoms with Crippen molar-refractivity contribution in [3.05, 3.63) is 120 Å². The standard InChI is InChI=1S/C47H52N2O/c1-28(2)39-26-34(33-22-24-35(25-23-33)47(30(5)6,31(7)8)32(9)10)27-40(29(3)4)44(39)49-42-20-13-12-19-41(42)48-46(49)38-18-15-17-37-36-16-11-14-21-43(36)50-45(37)38/h11-32H,1-10H3. The van der Waals surface area contributed by atoms with Crippen LogP contribution < -0.4 is 0 Å². The summed E-state index contributed by atoms with van der Waals surface area (Å²) >= 11 is 0. The van der Waals surface area contributed by atoms with Gasteiger partial charge < -0.3 is 4.42 Å². The highest BCUT2D eigenvalue weighted by Crippen LogP contribution is 2.47. The molecule has 2 heterocycles. The van der Waals surface area contributed by atoms with Crippen LogP contribution in [0.1, 0.15) is 97.8 Å². The number of nitrogens with zero attached hydrogens (tertiary/aromatic N) is 2. The first-order chi connectivity index (χ1) is 23.9. The van der Waals surface area contributed by atoms with Gasteiger partial charge in [-0.15, -0.1) is 0 Å². The van der Waals surface area contributed by atoms with Crippen LogP contribution in [-0.2, 0) is 5.41 Å². The molecule has 0 N–H and O–H groups in total. The summed E-state index contributed by atoms with van der Waals surface area (Å²) in [6.45, 7) is 23.6. The first-order valence-electron chi connectivity index (χ1n) is 18.6. The van der Waals surface area contributed by atoms with Crippen molar-refractivity contribution in [1.82, 2.24) is 9.55 Å².